The summed E-state index contributed by atoms with van der Waals surface area (Å²) in [6, 6.07) is 20.5. The van der Waals surface area contributed by atoms with Crippen molar-refractivity contribution in [2.24, 2.45) is 0 Å². The van der Waals surface area contributed by atoms with Crippen LogP contribution in [0.4, 0.5) is 0 Å². The smallest absolute Gasteiger partial charge is 0.192 e. The summed E-state index contributed by atoms with van der Waals surface area (Å²) < 4.78 is 20.4. The molecule has 1 N–H and O–H groups in total. The molecule has 1 spiro atoms. The molecule has 204 valence electrons. The van der Waals surface area contributed by atoms with Crippen LogP contribution in [0.3, 0.4) is 0 Å². The highest BCUT2D eigenvalue weighted by molar-refractivity contribution is 8.18. The van der Waals surface area contributed by atoms with E-state index in [1.54, 1.807) is 0 Å². The first-order valence-corrected chi connectivity index (χ1v) is 18.4. The van der Waals surface area contributed by atoms with Crippen molar-refractivity contribution in [3.63, 3.8) is 0 Å². The van der Waals surface area contributed by atoms with Crippen LogP contribution in [0.25, 0.3) is 0 Å². The predicted octanol–water partition coefficient (Wildman–Crippen LogP) is 7.27. The topological polar surface area (TPSA) is 47.9 Å². The molecule has 4 atom stereocenters. The van der Waals surface area contributed by atoms with Crippen LogP contribution in [0, 0.1) is 0 Å². The van der Waals surface area contributed by atoms with Gasteiger partial charge in [-0.15, -0.1) is 23.5 Å². The fraction of sp³-hybridized carbons (Fsp3) is 0.600. The highest BCUT2D eigenvalue weighted by atomic mass is 32.2. The van der Waals surface area contributed by atoms with Crippen molar-refractivity contribution in [3.05, 3.63) is 71.8 Å². The number of aliphatic hydroxyl groups is 1. The van der Waals surface area contributed by atoms with Crippen molar-refractivity contribution in [2.75, 3.05) is 11.5 Å². The summed E-state index contributed by atoms with van der Waals surface area (Å²) in [5.74, 6) is 2.25. The van der Waals surface area contributed by atoms with Gasteiger partial charge in [0.05, 0.1) is 29.5 Å². The third kappa shape index (κ3) is 7.65. The van der Waals surface area contributed by atoms with Gasteiger partial charge in [0.25, 0.3) is 0 Å². The minimum atomic E-state index is -2.12. The molecule has 2 aromatic rings. The lowest BCUT2D eigenvalue weighted by molar-refractivity contribution is -0.156. The Morgan fingerprint density at radius 2 is 1.35 bits per heavy atom. The van der Waals surface area contributed by atoms with Crippen molar-refractivity contribution >= 4 is 31.8 Å². The molecular weight excluding hydrogens is 517 g/mol. The normalized spacial score (nSPS) is 26.6. The summed E-state index contributed by atoms with van der Waals surface area (Å²) >= 11 is 4.00. The lowest BCUT2D eigenvalue weighted by Gasteiger charge is -2.44. The van der Waals surface area contributed by atoms with E-state index in [2.05, 4.69) is 58.1 Å². The van der Waals surface area contributed by atoms with E-state index in [-0.39, 0.29) is 21.3 Å². The van der Waals surface area contributed by atoms with E-state index in [1.807, 2.05) is 59.9 Å². The van der Waals surface area contributed by atoms with Crippen LogP contribution >= 0.6 is 23.5 Å². The number of ether oxygens (including phenoxy) is 2. The summed E-state index contributed by atoms with van der Waals surface area (Å²) in [6.45, 7) is 12.4. The molecule has 0 bridgehead atoms. The molecule has 4 rings (SSSR count). The summed E-state index contributed by atoms with van der Waals surface area (Å²) in [5.41, 5.74) is 2.21. The molecule has 2 fully saturated rings. The standard InChI is InChI=1S/C30H44O4S2Si/c1-29(2,3)37(4,5)34-26-20-30(35-17-12-18-36-30)19-25(31)27(32-21-23-13-8-6-9-14-23)28(26)33-22-24-15-10-7-11-16-24/h6-11,13-16,25-28,31H,12,17-22H2,1-5H3/t25-,26-,27-,28-/m1/s1. The van der Waals surface area contributed by atoms with E-state index in [0.29, 0.717) is 19.6 Å². The van der Waals surface area contributed by atoms with Crippen molar-refractivity contribution in [1.82, 2.24) is 0 Å². The first kappa shape index (κ1) is 29.2. The van der Waals surface area contributed by atoms with Crippen LogP contribution in [0.1, 0.15) is 51.2 Å². The Balaban J connectivity index is 1.67. The molecule has 0 unspecified atom stereocenters. The van der Waals surface area contributed by atoms with E-state index in [4.69, 9.17) is 13.9 Å². The third-order valence-electron chi connectivity index (χ3n) is 7.94. The Morgan fingerprint density at radius 3 is 1.86 bits per heavy atom. The molecular formula is C30H44O4S2Si. The van der Waals surface area contributed by atoms with Gasteiger partial charge in [0.2, 0.25) is 0 Å². The second-order valence-corrected chi connectivity index (χ2v) is 19.8. The van der Waals surface area contributed by atoms with Gasteiger partial charge >= 0.3 is 0 Å². The Morgan fingerprint density at radius 1 is 0.838 bits per heavy atom. The molecule has 2 aliphatic rings. The Hall–Kier alpha value is -0.803. The molecule has 37 heavy (non-hydrogen) atoms. The number of thioether (sulfide) groups is 2. The maximum atomic E-state index is 11.7. The lowest BCUT2D eigenvalue weighted by Crippen LogP contribution is -2.52. The molecule has 1 aliphatic carbocycles. The second-order valence-electron chi connectivity index (χ2n) is 11.9. The quantitative estimate of drug-likeness (QED) is 0.343. The van der Waals surface area contributed by atoms with Crippen LogP contribution in [0.5, 0.6) is 0 Å². The summed E-state index contributed by atoms with van der Waals surface area (Å²) in [7, 11) is -2.12. The van der Waals surface area contributed by atoms with Crippen LogP contribution in [-0.2, 0) is 27.1 Å². The summed E-state index contributed by atoms with van der Waals surface area (Å²) in [5, 5.41) is 11.8. The molecule has 0 amide bonds. The maximum absolute atomic E-state index is 11.7. The highest BCUT2D eigenvalue weighted by Gasteiger charge is 2.52. The zero-order chi connectivity index (χ0) is 26.5. The molecule has 0 radical (unpaired) electrons. The molecule has 0 aromatic heterocycles. The predicted molar refractivity (Wildman–Crippen MR) is 160 cm³/mol. The largest absolute Gasteiger partial charge is 0.411 e. The van der Waals surface area contributed by atoms with Gasteiger partial charge in [-0.3, -0.25) is 0 Å². The molecule has 1 saturated carbocycles. The van der Waals surface area contributed by atoms with Crippen LogP contribution in [0.2, 0.25) is 18.1 Å². The van der Waals surface area contributed by atoms with Gasteiger partial charge < -0.3 is 19.0 Å². The first-order chi connectivity index (χ1) is 17.6. The fourth-order valence-electron chi connectivity index (χ4n) is 4.83. The van der Waals surface area contributed by atoms with E-state index in [9.17, 15) is 5.11 Å². The Kier molecular flexibility index (Phi) is 9.92. The second kappa shape index (κ2) is 12.6. The monoisotopic (exact) mass is 560 g/mol. The Labute approximate surface area is 233 Å². The van der Waals surface area contributed by atoms with Crippen LogP contribution in [-0.4, -0.2) is 53.4 Å². The van der Waals surface area contributed by atoms with E-state index in [0.717, 1.165) is 29.1 Å². The van der Waals surface area contributed by atoms with Crippen LogP contribution in [0.15, 0.2) is 60.7 Å². The van der Waals surface area contributed by atoms with Gasteiger partial charge in [-0.1, -0.05) is 81.4 Å². The lowest BCUT2D eigenvalue weighted by atomic mass is 10.0. The molecule has 4 nitrogen and oxygen atoms in total. The molecule has 7 heteroatoms. The summed E-state index contributed by atoms with van der Waals surface area (Å²) in [6.07, 6.45) is 1.14. The first-order valence-electron chi connectivity index (χ1n) is 13.5. The van der Waals surface area contributed by atoms with Gasteiger partial charge in [-0.2, -0.15) is 0 Å². The van der Waals surface area contributed by atoms with Crippen molar-refractivity contribution in [2.45, 2.75) is 99.9 Å². The zero-order valence-electron chi connectivity index (χ0n) is 23.0. The fourth-order valence-corrected chi connectivity index (χ4v) is 9.64. The number of aliphatic hydroxyl groups excluding tert-OH is 1. The summed E-state index contributed by atoms with van der Waals surface area (Å²) in [4.78, 5) is 0. The van der Waals surface area contributed by atoms with E-state index in [1.165, 1.54) is 6.42 Å². The minimum absolute atomic E-state index is 0.0717. The average Bonchev–Trinajstić information content (AvgIpc) is 2.95. The number of hydrogen-bond acceptors (Lipinski definition) is 6. The Bertz CT molecular complexity index is 961. The average molecular weight is 561 g/mol. The van der Waals surface area contributed by atoms with Gasteiger partial charge in [-0.25, -0.2) is 0 Å². The highest BCUT2D eigenvalue weighted by Crippen LogP contribution is 2.53. The van der Waals surface area contributed by atoms with Gasteiger partial charge in [0.15, 0.2) is 8.32 Å². The van der Waals surface area contributed by atoms with Crippen molar-refractivity contribution in [3.8, 4) is 0 Å². The maximum Gasteiger partial charge on any atom is 0.192 e. The van der Waals surface area contributed by atoms with Crippen molar-refractivity contribution in [1.29, 1.82) is 0 Å². The molecule has 2 aromatic carbocycles. The van der Waals surface area contributed by atoms with Gasteiger partial charge in [0.1, 0.15) is 12.2 Å². The van der Waals surface area contributed by atoms with Crippen LogP contribution < -0.4 is 0 Å². The van der Waals surface area contributed by atoms with Gasteiger partial charge in [0, 0.05) is 0 Å². The van der Waals surface area contributed by atoms with Gasteiger partial charge in [-0.05, 0) is 60.0 Å². The molecule has 1 aliphatic heterocycles. The minimum Gasteiger partial charge on any atom is -0.411 e. The number of rotatable bonds is 8. The SMILES string of the molecule is CC(C)(C)[Si](C)(C)O[C@@H]1CC2(C[C@@H](O)[C@@H](OCc3ccccc3)[C@@H]1OCc1ccccc1)SCCCS2. The van der Waals surface area contributed by atoms with Crippen molar-refractivity contribution < 1.29 is 19.0 Å². The number of hydrogen-bond donors (Lipinski definition) is 1. The molecule has 1 saturated heterocycles. The van der Waals surface area contributed by atoms with E-state index >= 15 is 0 Å². The molecule has 1 heterocycles. The third-order valence-corrected chi connectivity index (χ3v) is 15.9. The van der Waals surface area contributed by atoms with E-state index < -0.39 is 20.5 Å². The number of benzene rings is 2. The zero-order valence-corrected chi connectivity index (χ0v) is 25.7.